The summed E-state index contributed by atoms with van der Waals surface area (Å²) in [4.78, 5) is 18.2. The monoisotopic (exact) mass is 370 g/mol. The minimum atomic E-state index is -4.42. The largest absolute Gasteiger partial charge is 0.469 e. The molecule has 0 saturated heterocycles. The van der Waals surface area contributed by atoms with Crippen molar-refractivity contribution < 1.29 is 24.0 Å². The molecule has 3 N–H and O–H groups in total. The van der Waals surface area contributed by atoms with Crippen molar-refractivity contribution in [1.82, 2.24) is 0 Å². The van der Waals surface area contributed by atoms with E-state index in [2.05, 4.69) is 19.9 Å². The first-order valence-corrected chi connectivity index (χ1v) is 11.3. The van der Waals surface area contributed by atoms with Crippen molar-refractivity contribution >= 4 is 7.82 Å². The summed E-state index contributed by atoms with van der Waals surface area (Å²) in [6.07, 6.45) is 9.52. The molecule has 0 aliphatic heterocycles. The second kappa shape index (κ2) is 5.90. The Kier molecular flexibility index (Phi) is 4.29. The molecule has 142 valence electrons. The van der Waals surface area contributed by atoms with E-state index in [-0.39, 0.29) is 23.0 Å². The third kappa shape index (κ3) is 2.87. The summed E-state index contributed by atoms with van der Waals surface area (Å²) in [5, 5.41) is 10.5. The van der Waals surface area contributed by atoms with Gasteiger partial charge in [0, 0.05) is 0 Å². The Labute approximate surface area is 150 Å². The zero-order valence-electron chi connectivity index (χ0n) is 15.2. The van der Waals surface area contributed by atoms with Crippen molar-refractivity contribution in [2.24, 2.45) is 28.6 Å². The number of phosphoric acid groups is 1. The van der Waals surface area contributed by atoms with Crippen LogP contribution in [0.25, 0.3) is 0 Å². The Balaban J connectivity index is 1.57. The molecule has 0 unspecified atom stereocenters. The smallest absolute Gasteiger partial charge is 0.393 e. The van der Waals surface area contributed by atoms with Crippen molar-refractivity contribution in [1.29, 1.82) is 0 Å². The van der Waals surface area contributed by atoms with Gasteiger partial charge in [0.25, 0.3) is 0 Å². The molecule has 0 amide bonds. The van der Waals surface area contributed by atoms with Gasteiger partial charge < -0.3 is 14.9 Å². The number of aliphatic hydroxyl groups is 1. The van der Waals surface area contributed by atoms with Gasteiger partial charge in [-0.2, -0.15) is 0 Å². The van der Waals surface area contributed by atoms with Crippen molar-refractivity contribution in [3.8, 4) is 0 Å². The fraction of sp³-hybridized carbons (Fsp3) is 0.895. The van der Waals surface area contributed by atoms with E-state index in [0.717, 1.165) is 38.5 Å². The summed E-state index contributed by atoms with van der Waals surface area (Å²) < 4.78 is 16.2. The number of allylic oxidation sites excluding steroid dienone is 1. The molecule has 0 bridgehead atoms. The molecule has 7 atom stereocenters. The van der Waals surface area contributed by atoms with Gasteiger partial charge in [0.2, 0.25) is 0 Å². The normalized spacial score (nSPS) is 49.8. The van der Waals surface area contributed by atoms with Gasteiger partial charge in [-0.05, 0) is 80.0 Å². The highest BCUT2D eigenvalue weighted by molar-refractivity contribution is 7.46. The molecule has 4 aliphatic rings. The quantitative estimate of drug-likeness (QED) is 0.509. The standard InChI is InChI=1S/C19H31O5P/c1-18-9-7-13(24-25(21,22)23)11-12(18)3-4-14-15-5-6-17(20)19(15,2)10-8-16(14)18/h3,13-17,20H,4-11H2,1-2H3,(H2,21,22,23)/t13-,14-,15-,16-,17-,18-,19-/m0/s1. The molecular formula is C19H31O5P. The van der Waals surface area contributed by atoms with Crippen LogP contribution in [-0.2, 0) is 9.09 Å². The summed E-state index contributed by atoms with van der Waals surface area (Å²) in [5.41, 5.74) is 1.57. The molecule has 4 rings (SSSR count). The van der Waals surface area contributed by atoms with Gasteiger partial charge >= 0.3 is 7.82 Å². The maximum atomic E-state index is 11.2. The zero-order chi connectivity index (χ0) is 18.0. The lowest BCUT2D eigenvalue weighted by molar-refractivity contribution is -0.0709. The van der Waals surface area contributed by atoms with Crippen LogP contribution in [0.15, 0.2) is 11.6 Å². The van der Waals surface area contributed by atoms with Crippen LogP contribution >= 0.6 is 7.82 Å². The molecule has 0 radical (unpaired) electrons. The third-order valence-electron chi connectivity index (χ3n) is 8.30. The zero-order valence-corrected chi connectivity index (χ0v) is 16.1. The minimum absolute atomic E-state index is 0.0869. The van der Waals surface area contributed by atoms with E-state index in [4.69, 9.17) is 14.3 Å². The van der Waals surface area contributed by atoms with Crippen molar-refractivity contribution in [3.63, 3.8) is 0 Å². The lowest BCUT2D eigenvalue weighted by Crippen LogP contribution is -2.51. The Bertz CT molecular complexity index is 627. The average Bonchev–Trinajstić information content (AvgIpc) is 2.82. The van der Waals surface area contributed by atoms with Crippen LogP contribution < -0.4 is 0 Å². The van der Waals surface area contributed by atoms with Crippen LogP contribution in [0.5, 0.6) is 0 Å². The second-order valence-electron chi connectivity index (χ2n) is 9.36. The number of rotatable bonds is 2. The minimum Gasteiger partial charge on any atom is -0.393 e. The van der Waals surface area contributed by atoms with E-state index >= 15 is 0 Å². The van der Waals surface area contributed by atoms with Crippen molar-refractivity contribution in [3.05, 3.63) is 11.6 Å². The molecule has 5 nitrogen and oxygen atoms in total. The maximum absolute atomic E-state index is 11.2. The van der Waals surface area contributed by atoms with Crippen molar-refractivity contribution in [2.45, 2.75) is 77.4 Å². The lowest BCUT2D eigenvalue weighted by Gasteiger charge is -2.57. The highest BCUT2D eigenvalue weighted by Crippen LogP contribution is 2.65. The Morgan fingerprint density at radius 3 is 2.60 bits per heavy atom. The van der Waals surface area contributed by atoms with E-state index in [1.165, 1.54) is 5.57 Å². The number of aliphatic hydroxyl groups excluding tert-OH is 1. The summed E-state index contributed by atoms with van der Waals surface area (Å²) >= 11 is 0. The van der Waals surface area contributed by atoms with Gasteiger partial charge in [-0.3, -0.25) is 4.52 Å². The molecule has 4 aliphatic carbocycles. The Morgan fingerprint density at radius 1 is 1.12 bits per heavy atom. The molecule has 3 fully saturated rings. The predicted octanol–water partition coefficient (Wildman–Crippen LogP) is 3.79. The topological polar surface area (TPSA) is 87.0 Å². The second-order valence-corrected chi connectivity index (χ2v) is 10.5. The number of hydrogen-bond donors (Lipinski definition) is 3. The van der Waals surface area contributed by atoms with Gasteiger partial charge in [-0.25, -0.2) is 4.57 Å². The molecule has 0 aromatic carbocycles. The fourth-order valence-corrected chi connectivity index (χ4v) is 7.45. The molecule has 0 heterocycles. The molecule has 0 aromatic heterocycles. The number of phosphoric ester groups is 1. The fourth-order valence-electron chi connectivity index (χ4n) is 6.88. The van der Waals surface area contributed by atoms with Crippen LogP contribution in [-0.4, -0.2) is 27.1 Å². The van der Waals surface area contributed by atoms with E-state index in [0.29, 0.717) is 30.6 Å². The van der Waals surface area contributed by atoms with E-state index < -0.39 is 7.82 Å². The average molecular weight is 370 g/mol. The summed E-state index contributed by atoms with van der Waals surface area (Å²) in [5.74, 6) is 1.88. The number of fused-ring (bicyclic) bond motifs is 5. The van der Waals surface area contributed by atoms with Crippen LogP contribution in [0.4, 0.5) is 0 Å². The first kappa shape index (κ1) is 18.2. The van der Waals surface area contributed by atoms with Crippen LogP contribution in [0, 0.1) is 28.6 Å². The highest BCUT2D eigenvalue weighted by Gasteiger charge is 2.58. The van der Waals surface area contributed by atoms with Gasteiger partial charge in [-0.15, -0.1) is 0 Å². The van der Waals surface area contributed by atoms with E-state index in [1.54, 1.807) is 0 Å². The maximum Gasteiger partial charge on any atom is 0.469 e. The van der Waals surface area contributed by atoms with E-state index in [1.807, 2.05) is 0 Å². The molecule has 0 aromatic rings. The SMILES string of the molecule is C[C@]12CC[C@H]3[C@@H](CC=C4C[C@@H](OP(=O)(O)O)CC[C@@]43C)[C@@H]1CC[C@@H]2O. The molecular weight excluding hydrogens is 339 g/mol. The van der Waals surface area contributed by atoms with Gasteiger partial charge in [0.15, 0.2) is 0 Å². The van der Waals surface area contributed by atoms with Gasteiger partial charge in [0.1, 0.15) is 0 Å². The van der Waals surface area contributed by atoms with E-state index in [9.17, 15) is 9.67 Å². The third-order valence-corrected chi connectivity index (χ3v) is 8.87. The molecule has 25 heavy (non-hydrogen) atoms. The van der Waals surface area contributed by atoms with Crippen molar-refractivity contribution in [2.75, 3.05) is 0 Å². The first-order chi connectivity index (χ1) is 11.6. The van der Waals surface area contributed by atoms with Crippen LogP contribution in [0.1, 0.15) is 65.2 Å². The van der Waals surface area contributed by atoms with Crippen LogP contribution in [0.2, 0.25) is 0 Å². The highest BCUT2D eigenvalue weighted by atomic mass is 31.2. The van der Waals surface area contributed by atoms with Gasteiger partial charge in [0.05, 0.1) is 12.2 Å². The first-order valence-electron chi connectivity index (χ1n) is 9.75. The molecule has 6 heteroatoms. The Morgan fingerprint density at radius 2 is 1.88 bits per heavy atom. The van der Waals surface area contributed by atoms with Crippen LogP contribution in [0.3, 0.4) is 0 Å². The number of hydrogen-bond acceptors (Lipinski definition) is 3. The summed E-state index contributed by atoms with van der Waals surface area (Å²) in [6, 6.07) is 0. The molecule has 3 saturated carbocycles. The summed E-state index contributed by atoms with van der Waals surface area (Å²) in [7, 11) is -4.42. The predicted molar refractivity (Wildman–Crippen MR) is 94.6 cm³/mol. The summed E-state index contributed by atoms with van der Waals surface area (Å²) in [6.45, 7) is 4.65. The lowest BCUT2D eigenvalue weighted by atomic mass is 9.48. The molecule has 0 spiro atoms. The Hall–Kier alpha value is -0.190. The van der Waals surface area contributed by atoms with Gasteiger partial charge in [-0.1, -0.05) is 25.5 Å².